The molecular weight excluding hydrogens is 400 g/mol. The SMILES string of the molecule is COc1ccc(OC)c2c1C(=O)C=C(CNc1nc3ccc(Cl)cc3s1)C2=O. The van der Waals surface area contributed by atoms with Crippen LogP contribution in [-0.4, -0.2) is 37.3 Å². The third kappa shape index (κ3) is 3.12. The van der Waals surface area contributed by atoms with E-state index in [1.54, 1.807) is 18.2 Å². The van der Waals surface area contributed by atoms with Crippen molar-refractivity contribution in [2.24, 2.45) is 0 Å². The number of thiazole rings is 1. The number of aromatic nitrogens is 1. The molecule has 0 aliphatic heterocycles. The van der Waals surface area contributed by atoms with E-state index in [0.29, 0.717) is 27.2 Å². The fraction of sp³-hybridized carbons (Fsp3) is 0.150. The fourth-order valence-electron chi connectivity index (χ4n) is 3.11. The Morgan fingerprint density at radius 3 is 2.50 bits per heavy atom. The third-order valence-electron chi connectivity index (χ3n) is 4.42. The van der Waals surface area contributed by atoms with Crippen LogP contribution in [0, 0.1) is 0 Å². The second-order valence-electron chi connectivity index (χ2n) is 6.07. The van der Waals surface area contributed by atoms with Crippen LogP contribution in [-0.2, 0) is 0 Å². The minimum Gasteiger partial charge on any atom is -0.496 e. The highest BCUT2D eigenvalue weighted by Gasteiger charge is 2.31. The summed E-state index contributed by atoms with van der Waals surface area (Å²) in [7, 11) is 2.92. The maximum Gasteiger partial charge on any atom is 0.195 e. The molecule has 0 saturated heterocycles. The van der Waals surface area contributed by atoms with E-state index >= 15 is 0 Å². The zero-order chi connectivity index (χ0) is 19.8. The van der Waals surface area contributed by atoms with Gasteiger partial charge in [-0.25, -0.2) is 4.98 Å². The average Bonchev–Trinajstić information content (AvgIpc) is 3.10. The Morgan fingerprint density at radius 1 is 1.07 bits per heavy atom. The molecule has 0 bridgehead atoms. The molecule has 0 atom stereocenters. The number of ether oxygens (including phenoxy) is 2. The molecule has 1 aliphatic rings. The van der Waals surface area contributed by atoms with Crippen LogP contribution in [0.1, 0.15) is 20.7 Å². The van der Waals surface area contributed by atoms with E-state index in [1.165, 1.54) is 31.6 Å². The standard InChI is InChI=1S/C20H15ClN2O4S/c1-26-14-5-6-15(27-2)18-17(14)13(24)7-10(19(18)25)9-22-20-23-12-4-3-11(21)8-16(12)28-20/h3-8H,9H2,1-2H3,(H,22,23). The maximum atomic E-state index is 13.0. The lowest BCUT2D eigenvalue weighted by Gasteiger charge is -2.20. The van der Waals surface area contributed by atoms with E-state index in [-0.39, 0.29) is 29.2 Å². The smallest absolute Gasteiger partial charge is 0.195 e. The summed E-state index contributed by atoms with van der Waals surface area (Å²) in [6.45, 7) is 0.165. The van der Waals surface area contributed by atoms with E-state index < -0.39 is 0 Å². The van der Waals surface area contributed by atoms with Gasteiger partial charge in [-0.05, 0) is 36.4 Å². The zero-order valence-corrected chi connectivity index (χ0v) is 16.6. The summed E-state index contributed by atoms with van der Waals surface area (Å²) in [5, 5.41) is 4.40. The van der Waals surface area contributed by atoms with Crippen molar-refractivity contribution in [2.45, 2.75) is 0 Å². The van der Waals surface area contributed by atoms with Gasteiger partial charge in [0.1, 0.15) is 11.5 Å². The van der Waals surface area contributed by atoms with Gasteiger partial charge in [0.25, 0.3) is 0 Å². The molecule has 142 valence electrons. The van der Waals surface area contributed by atoms with Crippen LogP contribution in [0.2, 0.25) is 5.02 Å². The first kappa shape index (κ1) is 18.5. The van der Waals surface area contributed by atoms with Gasteiger partial charge < -0.3 is 14.8 Å². The minimum atomic E-state index is -0.293. The van der Waals surface area contributed by atoms with Gasteiger partial charge in [-0.1, -0.05) is 22.9 Å². The first-order valence-corrected chi connectivity index (χ1v) is 9.56. The highest BCUT2D eigenvalue weighted by Crippen LogP contribution is 2.36. The molecule has 0 saturated carbocycles. The van der Waals surface area contributed by atoms with Crippen LogP contribution in [0.4, 0.5) is 5.13 Å². The second kappa shape index (κ2) is 7.26. The second-order valence-corrected chi connectivity index (χ2v) is 7.53. The minimum absolute atomic E-state index is 0.165. The van der Waals surface area contributed by atoms with Crippen LogP contribution in [0.25, 0.3) is 10.2 Å². The summed E-state index contributed by atoms with van der Waals surface area (Å²) < 4.78 is 11.5. The van der Waals surface area contributed by atoms with Crippen molar-refractivity contribution in [3.05, 3.63) is 58.1 Å². The summed E-state index contributed by atoms with van der Waals surface area (Å²) in [6, 6.07) is 8.68. The molecule has 28 heavy (non-hydrogen) atoms. The quantitative estimate of drug-likeness (QED) is 0.667. The summed E-state index contributed by atoms with van der Waals surface area (Å²) in [4.78, 5) is 30.1. The molecule has 0 unspecified atom stereocenters. The molecule has 6 nitrogen and oxygen atoms in total. The number of rotatable bonds is 5. The van der Waals surface area contributed by atoms with Gasteiger partial charge in [-0.2, -0.15) is 0 Å². The van der Waals surface area contributed by atoms with Crippen molar-refractivity contribution < 1.29 is 19.1 Å². The lowest BCUT2D eigenvalue weighted by atomic mass is 9.88. The fourth-order valence-corrected chi connectivity index (χ4v) is 4.25. The molecule has 1 aliphatic carbocycles. The number of hydrogen-bond donors (Lipinski definition) is 1. The van der Waals surface area contributed by atoms with E-state index in [1.807, 2.05) is 12.1 Å². The monoisotopic (exact) mass is 414 g/mol. The summed E-state index contributed by atoms with van der Waals surface area (Å²) in [6.07, 6.45) is 1.34. The van der Waals surface area contributed by atoms with Gasteiger partial charge in [0.15, 0.2) is 16.7 Å². The number of carbonyl (C=O) groups excluding carboxylic acids is 2. The van der Waals surface area contributed by atoms with Crippen molar-refractivity contribution >= 4 is 49.9 Å². The predicted octanol–water partition coefficient (Wildman–Crippen LogP) is 4.38. The number of Topliss-reactive ketones (excluding diaryl/α,β-unsaturated/α-hetero) is 1. The predicted molar refractivity (Wildman–Crippen MR) is 109 cm³/mol. The topological polar surface area (TPSA) is 77.5 Å². The van der Waals surface area contributed by atoms with Gasteiger partial charge in [0.05, 0.1) is 35.6 Å². The number of methoxy groups -OCH3 is 2. The number of halogens is 1. The largest absolute Gasteiger partial charge is 0.496 e. The van der Waals surface area contributed by atoms with Gasteiger partial charge >= 0.3 is 0 Å². The van der Waals surface area contributed by atoms with Gasteiger partial charge in [0, 0.05) is 17.1 Å². The number of carbonyl (C=O) groups is 2. The van der Waals surface area contributed by atoms with Crippen LogP contribution in [0.3, 0.4) is 0 Å². The van der Waals surface area contributed by atoms with Crippen LogP contribution >= 0.6 is 22.9 Å². The van der Waals surface area contributed by atoms with Crippen LogP contribution in [0.5, 0.6) is 11.5 Å². The Labute approximate surface area is 169 Å². The molecule has 1 heterocycles. The summed E-state index contributed by atoms with van der Waals surface area (Å²) in [5.41, 5.74) is 1.60. The lowest BCUT2D eigenvalue weighted by Crippen LogP contribution is -2.23. The number of nitrogens with zero attached hydrogens (tertiary/aromatic N) is 1. The van der Waals surface area contributed by atoms with Gasteiger partial charge in [0.2, 0.25) is 0 Å². The van der Waals surface area contributed by atoms with Gasteiger partial charge in [-0.15, -0.1) is 0 Å². The van der Waals surface area contributed by atoms with Crippen molar-refractivity contribution in [1.29, 1.82) is 0 Å². The molecule has 0 spiro atoms. The first-order chi connectivity index (χ1) is 13.5. The third-order valence-corrected chi connectivity index (χ3v) is 5.63. The molecule has 2 aromatic carbocycles. The van der Waals surface area contributed by atoms with Crippen LogP contribution < -0.4 is 14.8 Å². The van der Waals surface area contributed by atoms with Crippen LogP contribution in [0.15, 0.2) is 42.0 Å². The number of ketones is 2. The molecule has 4 rings (SSSR count). The highest BCUT2D eigenvalue weighted by atomic mass is 35.5. The lowest BCUT2D eigenvalue weighted by molar-refractivity contribution is 0.0978. The maximum absolute atomic E-state index is 13.0. The van der Waals surface area contributed by atoms with Crippen molar-refractivity contribution in [2.75, 3.05) is 26.1 Å². The Balaban J connectivity index is 1.63. The average molecular weight is 415 g/mol. The number of hydrogen-bond acceptors (Lipinski definition) is 7. The molecule has 3 aromatic rings. The molecule has 0 fully saturated rings. The molecule has 0 radical (unpaired) electrons. The Kier molecular flexibility index (Phi) is 4.78. The first-order valence-electron chi connectivity index (χ1n) is 8.36. The highest BCUT2D eigenvalue weighted by molar-refractivity contribution is 7.22. The van der Waals surface area contributed by atoms with Gasteiger partial charge in [-0.3, -0.25) is 9.59 Å². The Morgan fingerprint density at radius 2 is 1.79 bits per heavy atom. The molecule has 0 amide bonds. The number of benzene rings is 2. The Hall–Kier alpha value is -2.90. The summed E-state index contributed by atoms with van der Waals surface area (Å²) in [5.74, 6) is 0.120. The number of nitrogens with one attached hydrogen (secondary N) is 1. The molecule has 8 heteroatoms. The summed E-state index contributed by atoms with van der Waals surface area (Å²) >= 11 is 7.43. The van der Waals surface area contributed by atoms with Crippen molar-refractivity contribution in [3.63, 3.8) is 0 Å². The van der Waals surface area contributed by atoms with E-state index in [4.69, 9.17) is 21.1 Å². The van der Waals surface area contributed by atoms with Crippen molar-refractivity contribution in [1.82, 2.24) is 4.98 Å². The van der Waals surface area contributed by atoms with E-state index in [2.05, 4.69) is 10.3 Å². The molecule has 1 N–H and O–H groups in total. The normalized spacial score (nSPS) is 13.3. The number of allylic oxidation sites excluding steroid dienone is 1. The number of fused-ring (bicyclic) bond motifs is 2. The van der Waals surface area contributed by atoms with E-state index in [9.17, 15) is 9.59 Å². The zero-order valence-electron chi connectivity index (χ0n) is 15.0. The molecular formula is C20H15ClN2O4S. The Bertz CT molecular complexity index is 1150. The molecule has 1 aromatic heterocycles. The van der Waals surface area contributed by atoms with E-state index in [0.717, 1.165) is 10.2 Å². The van der Waals surface area contributed by atoms with Crippen molar-refractivity contribution in [3.8, 4) is 11.5 Å². The number of anilines is 1.